The fraction of sp³-hybridized carbons (Fsp3) is 0.875. The zero-order chi connectivity index (χ0) is 11.9. The van der Waals surface area contributed by atoms with Gasteiger partial charge in [0.15, 0.2) is 0 Å². The van der Waals surface area contributed by atoms with Gasteiger partial charge in [0.25, 0.3) is 0 Å². The average Bonchev–Trinajstić information content (AvgIpc) is 2.13. The van der Waals surface area contributed by atoms with Gasteiger partial charge < -0.3 is 15.8 Å². The van der Waals surface area contributed by atoms with Crippen LogP contribution in [0.4, 0.5) is 13.2 Å². The molecule has 0 bridgehead atoms. The number of carbonyl (C=O) groups is 1. The predicted octanol–water partition coefficient (Wildman–Crippen LogP) is 0.419. The minimum atomic E-state index is -4.18. The van der Waals surface area contributed by atoms with Gasteiger partial charge in [0.2, 0.25) is 5.91 Å². The molecule has 0 saturated carbocycles. The van der Waals surface area contributed by atoms with Gasteiger partial charge in [0.05, 0.1) is 0 Å². The minimum absolute atomic E-state index is 0.00159. The molecule has 0 aliphatic rings. The largest absolute Gasteiger partial charge is 0.389 e. The first-order valence-corrected chi connectivity index (χ1v) is 4.48. The number of nitrogens with one attached hydrogen (secondary N) is 1. The zero-order valence-corrected chi connectivity index (χ0v) is 8.43. The summed E-state index contributed by atoms with van der Waals surface area (Å²) in [7, 11) is 1.31. The van der Waals surface area contributed by atoms with Crippen LogP contribution in [0.25, 0.3) is 0 Å². The molecule has 0 radical (unpaired) electrons. The Bertz CT molecular complexity index is 193. The van der Waals surface area contributed by atoms with Crippen LogP contribution in [0.5, 0.6) is 0 Å². The molecule has 0 aromatic rings. The van der Waals surface area contributed by atoms with Crippen LogP contribution in [0.2, 0.25) is 0 Å². The molecule has 90 valence electrons. The normalized spacial score (nSPS) is 13.7. The van der Waals surface area contributed by atoms with Crippen molar-refractivity contribution in [3.05, 3.63) is 0 Å². The van der Waals surface area contributed by atoms with Gasteiger partial charge in [-0.25, -0.2) is 0 Å². The maximum absolute atomic E-state index is 11.7. The monoisotopic (exact) mass is 228 g/mol. The van der Waals surface area contributed by atoms with Crippen molar-refractivity contribution in [2.24, 2.45) is 5.73 Å². The van der Waals surface area contributed by atoms with Crippen LogP contribution in [0.15, 0.2) is 0 Å². The number of carbonyl (C=O) groups excluding carboxylic acids is 1. The molecular formula is C8H15F3N2O2. The van der Waals surface area contributed by atoms with Gasteiger partial charge in [-0.15, -0.1) is 0 Å². The Hall–Kier alpha value is -0.820. The highest BCUT2D eigenvalue weighted by Crippen LogP contribution is 2.20. The molecule has 7 heteroatoms. The van der Waals surface area contributed by atoms with E-state index in [0.717, 1.165) is 0 Å². The summed E-state index contributed by atoms with van der Waals surface area (Å²) in [6.45, 7) is -0.0280. The molecule has 0 aromatic heterocycles. The maximum Gasteiger partial charge on any atom is 0.389 e. The van der Waals surface area contributed by atoms with E-state index in [4.69, 9.17) is 10.5 Å². The van der Waals surface area contributed by atoms with Crippen LogP contribution in [0.3, 0.4) is 0 Å². The van der Waals surface area contributed by atoms with E-state index in [-0.39, 0.29) is 19.5 Å². The Labute approximate surface area is 86.0 Å². The average molecular weight is 228 g/mol. The fourth-order valence-electron chi connectivity index (χ4n) is 0.925. The summed E-state index contributed by atoms with van der Waals surface area (Å²) in [5, 5.41) is 2.31. The highest BCUT2D eigenvalue weighted by molar-refractivity contribution is 5.80. The van der Waals surface area contributed by atoms with Gasteiger partial charge in [-0.1, -0.05) is 0 Å². The summed E-state index contributed by atoms with van der Waals surface area (Å²) in [5.41, 5.74) is 5.19. The molecule has 0 aliphatic heterocycles. The minimum Gasteiger partial charge on any atom is -0.370 e. The van der Waals surface area contributed by atoms with Crippen LogP contribution in [-0.4, -0.2) is 38.4 Å². The third-order valence-corrected chi connectivity index (χ3v) is 1.73. The van der Waals surface area contributed by atoms with Gasteiger partial charge in [0.1, 0.15) is 6.10 Å². The topological polar surface area (TPSA) is 64.3 Å². The molecular weight excluding hydrogens is 213 g/mol. The predicted molar refractivity (Wildman–Crippen MR) is 48.2 cm³/mol. The van der Waals surface area contributed by atoms with Crippen LogP contribution >= 0.6 is 0 Å². The van der Waals surface area contributed by atoms with Crippen molar-refractivity contribution in [1.29, 1.82) is 0 Å². The molecule has 1 unspecified atom stereocenters. The second-order valence-electron chi connectivity index (χ2n) is 2.97. The van der Waals surface area contributed by atoms with E-state index >= 15 is 0 Å². The second kappa shape index (κ2) is 6.62. The smallest absolute Gasteiger partial charge is 0.370 e. The van der Waals surface area contributed by atoms with E-state index < -0.39 is 24.6 Å². The summed E-state index contributed by atoms with van der Waals surface area (Å²) in [6, 6.07) is 0. The van der Waals surface area contributed by atoms with Gasteiger partial charge in [-0.05, 0) is 6.42 Å². The molecule has 0 spiro atoms. The van der Waals surface area contributed by atoms with E-state index in [0.29, 0.717) is 0 Å². The van der Waals surface area contributed by atoms with Gasteiger partial charge in [-0.3, -0.25) is 4.79 Å². The van der Waals surface area contributed by atoms with Gasteiger partial charge in [0, 0.05) is 26.6 Å². The number of ether oxygens (including phenoxy) is 1. The van der Waals surface area contributed by atoms with E-state index in [1.807, 2.05) is 0 Å². The van der Waals surface area contributed by atoms with E-state index in [9.17, 15) is 18.0 Å². The van der Waals surface area contributed by atoms with Crippen molar-refractivity contribution >= 4 is 5.91 Å². The molecule has 0 aliphatic carbocycles. The van der Waals surface area contributed by atoms with Crippen LogP contribution < -0.4 is 11.1 Å². The van der Waals surface area contributed by atoms with Crippen LogP contribution in [-0.2, 0) is 9.53 Å². The lowest BCUT2D eigenvalue weighted by Gasteiger charge is -2.13. The summed E-state index contributed by atoms with van der Waals surface area (Å²) in [6.07, 6.45) is -6.03. The molecule has 15 heavy (non-hydrogen) atoms. The third-order valence-electron chi connectivity index (χ3n) is 1.73. The quantitative estimate of drug-likeness (QED) is 0.647. The summed E-state index contributed by atoms with van der Waals surface area (Å²) in [5.74, 6) is -0.484. The van der Waals surface area contributed by atoms with E-state index in [1.165, 1.54) is 7.11 Å². The summed E-state index contributed by atoms with van der Waals surface area (Å²) in [4.78, 5) is 11.1. The number of methoxy groups -OCH3 is 1. The molecule has 1 atom stereocenters. The molecule has 0 saturated heterocycles. The Morgan fingerprint density at radius 2 is 2.13 bits per heavy atom. The lowest BCUT2D eigenvalue weighted by atomic mass is 10.3. The van der Waals surface area contributed by atoms with Crippen LogP contribution in [0, 0.1) is 0 Å². The Morgan fingerprint density at radius 3 is 2.53 bits per heavy atom. The number of hydrogen-bond donors (Lipinski definition) is 2. The maximum atomic E-state index is 11.7. The number of rotatable bonds is 6. The van der Waals surface area contributed by atoms with Crippen molar-refractivity contribution in [3.63, 3.8) is 0 Å². The highest BCUT2D eigenvalue weighted by Gasteiger charge is 2.26. The van der Waals surface area contributed by atoms with Crippen molar-refractivity contribution in [2.75, 3.05) is 20.2 Å². The Kier molecular flexibility index (Phi) is 6.26. The van der Waals surface area contributed by atoms with Gasteiger partial charge >= 0.3 is 6.18 Å². The second-order valence-corrected chi connectivity index (χ2v) is 2.97. The first-order valence-electron chi connectivity index (χ1n) is 4.48. The van der Waals surface area contributed by atoms with Crippen molar-refractivity contribution in [2.45, 2.75) is 25.1 Å². The first kappa shape index (κ1) is 14.2. The lowest BCUT2D eigenvalue weighted by molar-refractivity contribution is -0.137. The molecule has 0 aromatic carbocycles. The van der Waals surface area contributed by atoms with Crippen LogP contribution in [0.1, 0.15) is 12.8 Å². The molecule has 0 heterocycles. The molecule has 0 fully saturated rings. The Balaban J connectivity index is 3.63. The molecule has 4 nitrogen and oxygen atoms in total. The SMILES string of the molecule is COC(CN)C(=O)NCCCC(F)(F)F. The standard InChI is InChI=1S/C8H15F3N2O2/c1-15-6(5-12)7(14)13-4-2-3-8(9,10)11/h6H,2-5,12H2,1H3,(H,13,14). The van der Waals surface area contributed by atoms with Crippen molar-refractivity contribution in [3.8, 4) is 0 Å². The van der Waals surface area contributed by atoms with Crippen molar-refractivity contribution in [1.82, 2.24) is 5.32 Å². The van der Waals surface area contributed by atoms with E-state index in [2.05, 4.69) is 5.32 Å². The van der Waals surface area contributed by atoms with E-state index in [1.54, 1.807) is 0 Å². The number of halogens is 3. The van der Waals surface area contributed by atoms with Gasteiger partial charge in [-0.2, -0.15) is 13.2 Å². The first-order chi connectivity index (χ1) is 6.90. The molecule has 3 N–H and O–H groups in total. The third kappa shape index (κ3) is 7.15. The number of nitrogens with two attached hydrogens (primary N) is 1. The zero-order valence-electron chi connectivity index (χ0n) is 8.43. The number of alkyl halides is 3. The number of amides is 1. The number of hydrogen-bond acceptors (Lipinski definition) is 3. The summed E-state index contributed by atoms with van der Waals surface area (Å²) >= 11 is 0. The lowest BCUT2D eigenvalue weighted by Crippen LogP contribution is -2.41. The van der Waals surface area contributed by atoms with Crippen molar-refractivity contribution < 1.29 is 22.7 Å². The molecule has 0 rings (SSSR count). The fourth-order valence-corrected chi connectivity index (χ4v) is 0.925. The molecule has 1 amide bonds. The highest BCUT2D eigenvalue weighted by atomic mass is 19.4. The Morgan fingerprint density at radius 1 is 1.53 bits per heavy atom. The summed E-state index contributed by atoms with van der Waals surface area (Å²) < 4.78 is 39.8.